The fourth-order valence-corrected chi connectivity index (χ4v) is 10.9. The molecule has 466 valence electrons. The number of unbranched alkanes of at least 4 members (excludes halogenated alkanes) is 41. The van der Waals surface area contributed by atoms with E-state index in [1.54, 1.807) is 0 Å². The van der Waals surface area contributed by atoms with Gasteiger partial charge in [-0.1, -0.05) is 294 Å². The maximum absolute atomic E-state index is 13.2. The van der Waals surface area contributed by atoms with Crippen molar-refractivity contribution in [2.45, 2.75) is 377 Å². The Bertz CT molecular complexity index is 1380. The summed E-state index contributed by atoms with van der Waals surface area (Å²) >= 11 is 0. The molecule has 8 N–H and O–H groups in total. The van der Waals surface area contributed by atoms with Gasteiger partial charge in [0.2, 0.25) is 5.91 Å². The highest BCUT2D eigenvalue weighted by molar-refractivity contribution is 5.80. The molecule has 0 radical (unpaired) electrons. The van der Waals surface area contributed by atoms with Crippen molar-refractivity contribution >= 4 is 5.91 Å². The second-order valence-electron chi connectivity index (χ2n) is 23.9. The van der Waals surface area contributed by atoms with E-state index in [4.69, 9.17) is 9.47 Å². The van der Waals surface area contributed by atoms with Crippen LogP contribution in [0, 0.1) is 0 Å². The highest BCUT2D eigenvalue weighted by Gasteiger charge is 2.44. The molecule has 1 fully saturated rings. The van der Waals surface area contributed by atoms with E-state index >= 15 is 0 Å². The van der Waals surface area contributed by atoms with Gasteiger partial charge in [-0.3, -0.25) is 4.79 Å². The van der Waals surface area contributed by atoms with Crippen LogP contribution in [0.2, 0.25) is 0 Å². The fraction of sp³-hybridized carbons (Fsp3) is 0.897. The van der Waals surface area contributed by atoms with Crippen molar-refractivity contribution in [3.8, 4) is 0 Å². The summed E-state index contributed by atoms with van der Waals surface area (Å²) in [7, 11) is 0. The normalized spacial score (nSPS) is 19.5. The van der Waals surface area contributed by atoms with E-state index in [1.807, 2.05) is 0 Å². The van der Waals surface area contributed by atoms with Crippen LogP contribution >= 0.6 is 0 Å². The average Bonchev–Trinajstić information content (AvgIpc) is 3.46. The van der Waals surface area contributed by atoms with Gasteiger partial charge in [0.25, 0.3) is 0 Å². The maximum Gasteiger partial charge on any atom is 0.249 e. The lowest BCUT2D eigenvalue weighted by Gasteiger charge is -2.40. The van der Waals surface area contributed by atoms with Crippen LogP contribution in [-0.4, -0.2) is 110 Å². The molecule has 1 amide bonds. The van der Waals surface area contributed by atoms with E-state index in [9.17, 15) is 40.5 Å². The first-order valence-electron chi connectivity index (χ1n) is 33.9. The molecule has 1 aliphatic heterocycles. The van der Waals surface area contributed by atoms with E-state index in [1.165, 1.54) is 231 Å². The number of hydrogen-bond donors (Lipinski definition) is 8. The molecule has 79 heavy (non-hydrogen) atoms. The van der Waals surface area contributed by atoms with Crippen LogP contribution in [0.25, 0.3) is 0 Å². The quantitative estimate of drug-likeness (QED) is 0.0215. The summed E-state index contributed by atoms with van der Waals surface area (Å²) in [6.45, 7) is 3.48. The number of aliphatic hydroxyl groups is 7. The zero-order valence-corrected chi connectivity index (χ0v) is 51.4. The second kappa shape index (κ2) is 56.8. The molecule has 9 atom stereocenters. The number of amides is 1. The third-order valence-corrected chi connectivity index (χ3v) is 16.4. The predicted molar refractivity (Wildman–Crippen MR) is 330 cm³/mol. The van der Waals surface area contributed by atoms with Crippen LogP contribution in [0.5, 0.6) is 0 Å². The highest BCUT2D eigenvalue weighted by atomic mass is 16.7. The Labute approximate surface area is 486 Å². The highest BCUT2D eigenvalue weighted by Crippen LogP contribution is 2.24. The number of nitrogens with one attached hydrogen (secondary N) is 1. The van der Waals surface area contributed by atoms with Crippen LogP contribution in [-0.2, 0) is 14.3 Å². The second-order valence-corrected chi connectivity index (χ2v) is 23.9. The molecule has 9 unspecified atom stereocenters. The minimum absolute atomic E-state index is 0.243. The Morgan fingerprint density at radius 3 is 1.13 bits per heavy atom. The number of allylic oxidation sites excluding steroid dienone is 6. The molecule has 0 spiro atoms. The molecule has 0 bridgehead atoms. The van der Waals surface area contributed by atoms with Gasteiger partial charge in [-0.2, -0.15) is 0 Å². The van der Waals surface area contributed by atoms with E-state index in [2.05, 4.69) is 55.6 Å². The first-order valence-corrected chi connectivity index (χ1v) is 33.9. The molecule has 1 saturated heterocycles. The van der Waals surface area contributed by atoms with Crippen molar-refractivity contribution in [2.75, 3.05) is 13.2 Å². The first-order chi connectivity index (χ1) is 38.7. The SMILES string of the molecule is CCCCCCCCCCCCCCC/C=C/CC/C=C/CC/C=C/CCCC(O)C(O)C(COC1OC(CO)C(O)C(O)C1O)NC(=O)C(O)CCCCCCCCCCCCCCCCCCCCCCCCCCCC. The van der Waals surface area contributed by atoms with Crippen LogP contribution in [0.15, 0.2) is 36.5 Å². The van der Waals surface area contributed by atoms with Crippen molar-refractivity contribution in [1.82, 2.24) is 5.32 Å². The van der Waals surface area contributed by atoms with Gasteiger partial charge >= 0.3 is 0 Å². The van der Waals surface area contributed by atoms with Gasteiger partial charge in [0.1, 0.15) is 36.6 Å². The van der Waals surface area contributed by atoms with Crippen molar-refractivity contribution in [3.63, 3.8) is 0 Å². The molecule has 0 aromatic rings. The van der Waals surface area contributed by atoms with Gasteiger partial charge in [-0.25, -0.2) is 0 Å². The molecule has 1 rings (SSSR count). The Hall–Kier alpha value is -1.67. The summed E-state index contributed by atoms with van der Waals surface area (Å²) in [6.07, 6.45) is 60.8. The van der Waals surface area contributed by atoms with Gasteiger partial charge in [0.05, 0.1) is 25.4 Å². The van der Waals surface area contributed by atoms with E-state index in [-0.39, 0.29) is 12.8 Å². The lowest BCUT2D eigenvalue weighted by atomic mass is 9.98. The summed E-state index contributed by atoms with van der Waals surface area (Å²) in [4.78, 5) is 13.2. The lowest BCUT2D eigenvalue weighted by Crippen LogP contribution is -2.60. The number of carbonyl (C=O) groups excluding carboxylic acids is 1. The van der Waals surface area contributed by atoms with E-state index in [0.717, 1.165) is 44.9 Å². The minimum Gasteiger partial charge on any atom is -0.394 e. The number of carbonyl (C=O) groups is 1. The third kappa shape index (κ3) is 44.5. The number of rotatable bonds is 59. The fourth-order valence-electron chi connectivity index (χ4n) is 10.9. The maximum atomic E-state index is 13.2. The van der Waals surface area contributed by atoms with Crippen molar-refractivity contribution in [3.05, 3.63) is 36.5 Å². The van der Waals surface area contributed by atoms with E-state index in [0.29, 0.717) is 19.3 Å². The van der Waals surface area contributed by atoms with Crippen molar-refractivity contribution in [1.29, 1.82) is 0 Å². The minimum atomic E-state index is -1.67. The third-order valence-electron chi connectivity index (χ3n) is 16.4. The smallest absolute Gasteiger partial charge is 0.249 e. The zero-order chi connectivity index (χ0) is 57.5. The number of hydrogen-bond acceptors (Lipinski definition) is 10. The molecule has 11 nitrogen and oxygen atoms in total. The van der Waals surface area contributed by atoms with Gasteiger partial charge in [-0.15, -0.1) is 0 Å². The Morgan fingerprint density at radius 1 is 0.430 bits per heavy atom. The summed E-state index contributed by atoms with van der Waals surface area (Å²) in [6, 6.07) is -1.19. The monoisotopic (exact) mass is 1120 g/mol. The molecule has 1 aliphatic rings. The standard InChI is InChI=1S/C68H129NO10/c1-3-5-7-9-11-13-15-17-19-21-23-25-27-29-31-33-35-37-39-41-43-45-47-49-51-53-55-60(71)63(73)59(58-78-68-66(76)65(75)64(74)62(57-70)79-68)69-67(77)61(72)56-54-52-50-48-46-44-42-40-38-36-34-32-30-28-26-24-22-20-18-16-14-12-10-8-6-4-2/h31,33,39,41,47,49,59-66,68,70-76H,3-30,32,34-38,40,42-46,48,50-58H2,1-2H3,(H,69,77)/b33-31+,41-39+,49-47+. The molecule has 0 aromatic carbocycles. The van der Waals surface area contributed by atoms with Crippen LogP contribution < -0.4 is 5.32 Å². The van der Waals surface area contributed by atoms with Crippen LogP contribution in [0.3, 0.4) is 0 Å². The first kappa shape index (κ1) is 75.3. The summed E-state index contributed by atoms with van der Waals surface area (Å²) in [5.74, 6) is -0.707. The number of ether oxygens (including phenoxy) is 2. The van der Waals surface area contributed by atoms with Crippen molar-refractivity contribution in [2.24, 2.45) is 0 Å². The van der Waals surface area contributed by atoms with Crippen molar-refractivity contribution < 1.29 is 50.0 Å². The molecular weight excluding hydrogens is 991 g/mol. The van der Waals surface area contributed by atoms with E-state index < -0.39 is 74.2 Å². The molecule has 0 saturated carbocycles. The van der Waals surface area contributed by atoms with Crippen LogP contribution in [0.1, 0.15) is 322 Å². The Kier molecular flexibility index (Phi) is 54.2. The Balaban J connectivity index is 2.26. The van der Waals surface area contributed by atoms with Gasteiger partial charge < -0.3 is 50.5 Å². The molecule has 1 heterocycles. The molecule has 11 heteroatoms. The summed E-state index contributed by atoms with van der Waals surface area (Å²) < 4.78 is 11.2. The Morgan fingerprint density at radius 2 is 0.759 bits per heavy atom. The predicted octanol–water partition coefficient (Wildman–Crippen LogP) is 15.8. The molecule has 0 aliphatic carbocycles. The lowest BCUT2D eigenvalue weighted by molar-refractivity contribution is -0.303. The molecule has 0 aromatic heterocycles. The molecular formula is C68H129NO10. The van der Waals surface area contributed by atoms with Crippen LogP contribution in [0.4, 0.5) is 0 Å². The summed E-state index contributed by atoms with van der Waals surface area (Å²) in [5.41, 5.74) is 0. The number of aliphatic hydroxyl groups excluding tert-OH is 7. The largest absolute Gasteiger partial charge is 0.394 e. The van der Waals surface area contributed by atoms with Gasteiger partial charge in [0.15, 0.2) is 6.29 Å². The average molecular weight is 1120 g/mol. The van der Waals surface area contributed by atoms with Gasteiger partial charge in [0, 0.05) is 0 Å². The zero-order valence-electron chi connectivity index (χ0n) is 51.4. The topological polar surface area (TPSA) is 189 Å². The van der Waals surface area contributed by atoms with Gasteiger partial charge in [-0.05, 0) is 64.2 Å². The summed E-state index contributed by atoms with van der Waals surface area (Å²) in [5, 5.41) is 76.4.